The zero-order valence-electron chi connectivity index (χ0n) is 15.4. The number of hydrogen-bond donors (Lipinski definition) is 0. The van der Waals surface area contributed by atoms with Crippen molar-refractivity contribution in [3.05, 3.63) is 52.3 Å². The van der Waals surface area contributed by atoms with Crippen molar-refractivity contribution < 1.29 is 14.3 Å². The molecule has 0 aliphatic carbocycles. The van der Waals surface area contributed by atoms with Gasteiger partial charge in [-0.15, -0.1) is 0 Å². The van der Waals surface area contributed by atoms with Crippen LogP contribution in [0, 0.1) is 0 Å². The van der Waals surface area contributed by atoms with Gasteiger partial charge in [-0.3, -0.25) is 4.79 Å². The number of aryl methyl sites for hydroxylation is 2. The minimum atomic E-state index is -0.369. The Morgan fingerprint density at radius 3 is 2.31 bits per heavy atom. The van der Waals surface area contributed by atoms with Crippen LogP contribution in [0.3, 0.4) is 0 Å². The fourth-order valence-corrected chi connectivity index (χ4v) is 4.21. The minimum absolute atomic E-state index is 0.341. The predicted octanol–water partition coefficient (Wildman–Crippen LogP) is 4.04. The Hall–Kier alpha value is -2.60. The predicted molar refractivity (Wildman–Crippen MR) is 104 cm³/mol. The summed E-state index contributed by atoms with van der Waals surface area (Å²) in [7, 11) is 3.06. The molecule has 0 bridgehead atoms. The monoisotopic (exact) mass is 370 g/mol. The van der Waals surface area contributed by atoms with Gasteiger partial charge >= 0.3 is 0 Å². The Morgan fingerprint density at radius 1 is 1.08 bits per heavy atom. The summed E-state index contributed by atoms with van der Waals surface area (Å²) >= 11 is 1.52. The number of hydrogen-bond acceptors (Lipinski definition) is 4. The van der Waals surface area contributed by atoms with Gasteiger partial charge in [-0.25, -0.2) is 0 Å². The van der Waals surface area contributed by atoms with Gasteiger partial charge in [-0.05, 0) is 37.1 Å². The lowest BCUT2D eigenvalue weighted by Crippen LogP contribution is -2.17. The van der Waals surface area contributed by atoms with Crippen molar-refractivity contribution in [3.8, 4) is 11.5 Å². The number of carbonyl (C=O) groups excluding carboxylic acids is 1. The Labute approximate surface area is 156 Å². The Kier molecular flexibility index (Phi) is 5.42. The SMILES string of the molecule is CCc1cccc2sc(=NC(=O)c3c(OC)cccc3OC)n(CC)c12. The third-order valence-electron chi connectivity index (χ3n) is 4.32. The molecule has 2 aromatic carbocycles. The van der Waals surface area contributed by atoms with Gasteiger partial charge < -0.3 is 14.0 Å². The number of fused-ring (bicyclic) bond motifs is 1. The van der Waals surface area contributed by atoms with E-state index in [9.17, 15) is 4.79 Å². The molecule has 0 saturated carbocycles. The van der Waals surface area contributed by atoms with E-state index < -0.39 is 0 Å². The van der Waals surface area contributed by atoms with Gasteiger partial charge in [-0.2, -0.15) is 4.99 Å². The van der Waals surface area contributed by atoms with Crippen LogP contribution in [0.2, 0.25) is 0 Å². The summed E-state index contributed by atoms with van der Waals surface area (Å²) in [6, 6.07) is 11.5. The van der Waals surface area contributed by atoms with Gasteiger partial charge in [-0.1, -0.05) is 36.5 Å². The zero-order chi connectivity index (χ0) is 18.7. The van der Waals surface area contributed by atoms with Crippen LogP contribution in [0.1, 0.15) is 29.8 Å². The van der Waals surface area contributed by atoms with E-state index in [1.54, 1.807) is 18.2 Å². The van der Waals surface area contributed by atoms with E-state index in [1.165, 1.54) is 31.1 Å². The highest BCUT2D eigenvalue weighted by Crippen LogP contribution is 2.29. The van der Waals surface area contributed by atoms with Crippen LogP contribution in [0.15, 0.2) is 41.4 Å². The Bertz CT molecular complexity index is 995. The molecule has 6 heteroatoms. The number of aromatic nitrogens is 1. The molecule has 0 radical (unpaired) electrons. The second kappa shape index (κ2) is 7.74. The number of para-hydroxylation sites is 1. The first-order valence-electron chi connectivity index (χ1n) is 8.55. The lowest BCUT2D eigenvalue weighted by atomic mass is 10.1. The Morgan fingerprint density at radius 2 is 1.73 bits per heavy atom. The topological polar surface area (TPSA) is 52.8 Å². The van der Waals surface area contributed by atoms with Crippen LogP contribution in [0.25, 0.3) is 10.2 Å². The van der Waals surface area contributed by atoms with Crippen LogP contribution in [-0.2, 0) is 13.0 Å². The van der Waals surface area contributed by atoms with Crippen molar-refractivity contribution in [1.29, 1.82) is 0 Å². The maximum Gasteiger partial charge on any atom is 0.287 e. The van der Waals surface area contributed by atoms with Crippen molar-refractivity contribution in [2.45, 2.75) is 26.8 Å². The normalized spacial score (nSPS) is 11.8. The summed E-state index contributed by atoms with van der Waals surface area (Å²) in [5.41, 5.74) is 2.75. The van der Waals surface area contributed by atoms with E-state index >= 15 is 0 Å². The van der Waals surface area contributed by atoms with Gasteiger partial charge in [0.1, 0.15) is 17.1 Å². The van der Waals surface area contributed by atoms with Gasteiger partial charge in [0.25, 0.3) is 5.91 Å². The van der Waals surface area contributed by atoms with Crippen molar-refractivity contribution in [2.75, 3.05) is 14.2 Å². The summed E-state index contributed by atoms with van der Waals surface area (Å²) in [5, 5.41) is 0. The number of thiazole rings is 1. The number of benzene rings is 2. The summed E-state index contributed by atoms with van der Waals surface area (Å²) in [5.74, 6) is 0.541. The van der Waals surface area contributed by atoms with Crippen LogP contribution >= 0.6 is 11.3 Å². The summed E-state index contributed by atoms with van der Waals surface area (Å²) < 4.78 is 13.9. The van der Waals surface area contributed by atoms with Crippen molar-refractivity contribution >= 4 is 27.5 Å². The highest BCUT2D eigenvalue weighted by atomic mass is 32.1. The van der Waals surface area contributed by atoms with Gasteiger partial charge in [0.15, 0.2) is 4.80 Å². The first kappa shape index (κ1) is 18.2. The summed E-state index contributed by atoms with van der Waals surface area (Å²) in [4.78, 5) is 18.0. The highest BCUT2D eigenvalue weighted by molar-refractivity contribution is 7.16. The molecule has 1 aromatic heterocycles. The Balaban J connectivity index is 2.22. The van der Waals surface area contributed by atoms with Crippen LogP contribution < -0.4 is 14.3 Å². The number of methoxy groups -OCH3 is 2. The highest BCUT2D eigenvalue weighted by Gasteiger charge is 2.18. The average molecular weight is 370 g/mol. The quantitative estimate of drug-likeness (QED) is 0.681. The van der Waals surface area contributed by atoms with Crippen molar-refractivity contribution in [1.82, 2.24) is 4.57 Å². The molecule has 0 aliphatic rings. The number of ether oxygens (including phenoxy) is 2. The molecule has 3 rings (SSSR count). The van der Waals surface area contributed by atoms with Crippen LogP contribution in [-0.4, -0.2) is 24.7 Å². The lowest BCUT2D eigenvalue weighted by Gasteiger charge is -2.09. The first-order chi connectivity index (χ1) is 12.6. The molecule has 0 fully saturated rings. The number of nitrogens with zero attached hydrogens (tertiary/aromatic N) is 2. The molecule has 0 unspecified atom stereocenters. The van der Waals surface area contributed by atoms with E-state index in [0.29, 0.717) is 21.9 Å². The van der Waals surface area contributed by atoms with Crippen molar-refractivity contribution in [3.63, 3.8) is 0 Å². The maximum atomic E-state index is 12.9. The third-order valence-corrected chi connectivity index (χ3v) is 5.36. The molecular formula is C20H22N2O3S. The van der Waals surface area contributed by atoms with Gasteiger partial charge in [0.05, 0.1) is 24.4 Å². The molecule has 0 N–H and O–H groups in total. The molecule has 136 valence electrons. The second-order valence-corrected chi connectivity index (χ2v) is 6.71. The van der Waals surface area contributed by atoms with Crippen molar-refractivity contribution in [2.24, 2.45) is 4.99 Å². The molecule has 0 atom stereocenters. The van der Waals surface area contributed by atoms with Gasteiger partial charge in [0.2, 0.25) is 0 Å². The zero-order valence-corrected chi connectivity index (χ0v) is 16.2. The fourth-order valence-electron chi connectivity index (χ4n) is 3.07. The molecule has 3 aromatic rings. The number of amides is 1. The molecule has 0 saturated heterocycles. The fraction of sp³-hybridized carbons (Fsp3) is 0.300. The minimum Gasteiger partial charge on any atom is -0.496 e. The molecular weight excluding hydrogens is 348 g/mol. The maximum absolute atomic E-state index is 12.9. The molecule has 1 heterocycles. The lowest BCUT2D eigenvalue weighted by molar-refractivity contribution is 0.0992. The van der Waals surface area contributed by atoms with E-state index in [-0.39, 0.29) is 5.91 Å². The van der Waals surface area contributed by atoms with E-state index in [4.69, 9.17) is 9.47 Å². The number of rotatable bonds is 5. The van der Waals surface area contributed by atoms with E-state index in [1.807, 2.05) is 6.07 Å². The molecule has 0 spiro atoms. The van der Waals surface area contributed by atoms with Crippen LogP contribution in [0.5, 0.6) is 11.5 Å². The second-order valence-electron chi connectivity index (χ2n) is 5.70. The molecule has 5 nitrogen and oxygen atoms in total. The third kappa shape index (κ3) is 3.12. The van der Waals surface area contributed by atoms with E-state index in [2.05, 4.69) is 35.5 Å². The smallest absolute Gasteiger partial charge is 0.287 e. The first-order valence-corrected chi connectivity index (χ1v) is 9.37. The summed E-state index contributed by atoms with van der Waals surface area (Å²) in [6.07, 6.45) is 0.932. The number of carbonyl (C=O) groups is 1. The van der Waals surface area contributed by atoms with Gasteiger partial charge in [0, 0.05) is 6.54 Å². The standard InChI is InChI=1S/C20H22N2O3S/c1-5-13-9-7-12-16-18(13)22(6-2)20(26-16)21-19(23)17-14(24-3)10-8-11-15(17)25-4/h7-12H,5-6H2,1-4H3. The molecule has 1 amide bonds. The molecule has 0 aliphatic heterocycles. The average Bonchev–Trinajstić information content (AvgIpc) is 3.03. The molecule has 26 heavy (non-hydrogen) atoms. The van der Waals surface area contributed by atoms with Crippen LogP contribution in [0.4, 0.5) is 0 Å². The summed E-state index contributed by atoms with van der Waals surface area (Å²) in [6.45, 7) is 4.94. The largest absolute Gasteiger partial charge is 0.496 e. The van der Waals surface area contributed by atoms with E-state index in [0.717, 1.165) is 23.2 Å².